The van der Waals surface area contributed by atoms with Crippen molar-refractivity contribution in [2.24, 2.45) is 0 Å². The van der Waals surface area contributed by atoms with Crippen molar-refractivity contribution in [3.8, 4) is 5.75 Å². The smallest absolute Gasteiger partial charge is 0.416 e. The molecule has 0 spiro atoms. The lowest BCUT2D eigenvalue weighted by molar-refractivity contribution is -0.137. The molecule has 0 aliphatic rings. The predicted molar refractivity (Wildman–Crippen MR) is 73.8 cm³/mol. The van der Waals surface area contributed by atoms with Crippen LogP contribution in [0.15, 0.2) is 54.6 Å². The highest BCUT2D eigenvalue weighted by atomic mass is 19.4. The highest BCUT2D eigenvalue weighted by Gasteiger charge is 2.30. The van der Waals surface area contributed by atoms with E-state index >= 15 is 0 Å². The van der Waals surface area contributed by atoms with Gasteiger partial charge in [0.15, 0.2) is 0 Å². The lowest BCUT2D eigenvalue weighted by Crippen LogP contribution is -2.10. The van der Waals surface area contributed by atoms with E-state index in [9.17, 15) is 13.2 Å². The number of benzene rings is 2. The molecule has 0 aliphatic carbocycles. The second-order valence-electron chi connectivity index (χ2n) is 4.58. The normalized spacial score (nSPS) is 13.0. The van der Waals surface area contributed by atoms with Crippen LogP contribution in [0.1, 0.15) is 23.7 Å². The maximum atomic E-state index is 12.5. The molecule has 0 aliphatic heterocycles. The van der Waals surface area contributed by atoms with Crippen molar-refractivity contribution in [1.29, 1.82) is 0 Å². The van der Waals surface area contributed by atoms with Gasteiger partial charge in [-0.25, -0.2) is 0 Å². The van der Waals surface area contributed by atoms with Crippen molar-refractivity contribution in [3.05, 3.63) is 65.7 Å². The average molecular weight is 294 g/mol. The molecule has 0 aromatic heterocycles. The maximum Gasteiger partial charge on any atom is 0.416 e. The molecule has 0 saturated heterocycles. The minimum absolute atomic E-state index is 0.181. The van der Waals surface area contributed by atoms with Gasteiger partial charge in [-0.1, -0.05) is 30.3 Å². The summed E-state index contributed by atoms with van der Waals surface area (Å²) in [4.78, 5) is 0. The molecule has 2 nitrogen and oxygen atoms in total. The van der Waals surface area contributed by atoms with Crippen LogP contribution in [-0.2, 0) is 6.18 Å². The zero-order valence-corrected chi connectivity index (χ0v) is 11.2. The Kier molecular flexibility index (Phi) is 4.85. The molecule has 0 saturated carbocycles. The average Bonchev–Trinajstić information content (AvgIpc) is 2.47. The Morgan fingerprint density at radius 2 is 1.57 bits per heavy atom. The molecular formula is C16H15F3NO. The Labute approximate surface area is 121 Å². The molecule has 2 rings (SSSR count). The van der Waals surface area contributed by atoms with Gasteiger partial charge in [-0.3, -0.25) is 5.73 Å². The minimum Gasteiger partial charge on any atom is -0.486 e. The zero-order chi connectivity index (χ0) is 15.3. The first kappa shape index (κ1) is 15.4. The minimum atomic E-state index is -4.35. The molecule has 0 bridgehead atoms. The SMILES string of the molecule is [NH]CC[C@@H](Oc1ccc(C(F)(F)F)cc1)c1ccccc1. The van der Waals surface area contributed by atoms with Crippen LogP contribution in [0.3, 0.4) is 0 Å². The van der Waals surface area contributed by atoms with Crippen LogP contribution < -0.4 is 10.5 Å². The van der Waals surface area contributed by atoms with Gasteiger partial charge in [0.05, 0.1) is 5.56 Å². The van der Waals surface area contributed by atoms with Gasteiger partial charge in [0, 0.05) is 13.0 Å². The standard InChI is InChI=1S/C16H15F3NO/c17-16(18,19)13-6-8-14(9-7-13)21-15(10-11-20)12-4-2-1-3-5-12/h1-9,15,20H,10-11H2/t15-/m1/s1. The molecule has 1 N–H and O–H groups in total. The van der Waals surface area contributed by atoms with E-state index in [1.807, 2.05) is 30.3 Å². The first-order valence-corrected chi connectivity index (χ1v) is 6.54. The molecule has 0 fully saturated rings. The van der Waals surface area contributed by atoms with Crippen molar-refractivity contribution >= 4 is 0 Å². The Bertz CT molecular complexity index is 552. The third kappa shape index (κ3) is 4.23. The van der Waals surface area contributed by atoms with Crippen LogP contribution in [0.25, 0.3) is 0 Å². The van der Waals surface area contributed by atoms with Gasteiger partial charge >= 0.3 is 6.18 Å². The van der Waals surface area contributed by atoms with Crippen LogP contribution >= 0.6 is 0 Å². The van der Waals surface area contributed by atoms with Crippen LogP contribution in [0, 0.1) is 0 Å². The molecular weight excluding hydrogens is 279 g/mol. The van der Waals surface area contributed by atoms with Crippen molar-refractivity contribution in [1.82, 2.24) is 5.73 Å². The Morgan fingerprint density at radius 3 is 2.10 bits per heavy atom. The van der Waals surface area contributed by atoms with Gasteiger partial charge in [-0.05, 0) is 29.8 Å². The molecule has 0 heterocycles. The molecule has 2 aromatic rings. The molecule has 111 valence electrons. The highest BCUT2D eigenvalue weighted by Crippen LogP contribution is 2.31. The molecule has 1 atom stereocenters. The third-order valence-corrected chi connectivity index (χ3v) is 3.04. The Morgan fingerprint density at radius 1 is 0.952 bits per heavy atom. The van der Waals surface area contributed by atoms with Gasteiger partial charge in [0.1, 0.15) is 11.9 Å². The van der Waals surface area contributed by atoms with Crippen molar-refractivity contribution in [2.75, 3.05) is 6.54 Å². The second kappa shape index (κ2) is 6.63. The van der Waals surface area contributed by atoms with Gasteiger partial charge in [0.2, 0.25) is 0 Å². The van der Waals surface area contributed by atoms with E-state index in [2.05, 4.69) is 0 Å². The number of rotatable bonds is 5. The summed E-state index contributed by atoms with van der Waals surface area (Å²) in [7, 11) is 0. The van der Waals surface area contributed by atoms with E-state index in [1.54, 1.807) is 0 Å². The summed E-state index contributed by atoms with van der Waals surface area (Å²) in [6, 6.07) is 14.0. The van der Waals surface area contributed by atoms with Crippen molar-refractivity contribution in [2.45, 2.75) is 18.7 Å². The topological polar surface area (TPSA) is 33.0 Å². The lowest BCUT2D eigenvalue weighted by atomic mass is 10.1. The van der Waals surface area contributed by atoms with E-state index < -0.39 is 11.7 Å². The molecule has 1 radical (unpaired) electrons. The fourth-order valence-corrected chi connectivity index (χ4v) is 1.98. The van der Waals surface area contributed by atoms with E-state index in [0.717, 1.165) is 17.7 Å². The van der Waals surface area contributed by atoms with E-state index in [1.165, 1.54) is 12.1 Å². The third-order valence-electron chi connectivity index (χ3n) is 3.04. The monoisotopic (exact) mass is 294 g/mol. The van der Waals surface area contributed by atoms with Gasteiger partial charge in [-0.2, -0.15) is 13.2 Å². The summed E-state index contributed by atoms with van der Waals surface area (Å²) >= 11 is 0. The van der Waals surface area contributed by atoms with Gasteiger partial charge in [-0.15, -0.1) is 0 Å². The first-order chi connectivity index (χ1) is 10.0. The van der Waals surface area contributed by atoms with E-state index in [-0.39, 0.29) is 12.6 Å². The van der Waals surface area contributed by atoms with Crippen molar-refractivity contribution < 1.29 is 17.9 Å². The number of nitrogens with one attached hydrogen (secondary N) is 1. The Hall–Kier alpha value is -2.01. The fraction of sp³-hybridized carbons (Fsp3) is 0.250. The van der Waals surface area contributed by atoms with E-state index in [4.69, 9.17) is 10.5 Å². The molecule has 5 heteroatoms. The highest BCUT2D eigenvalue weighted by molar-refractivity contribution is 5.30. The molecule has 21 heavy (non-hydrogen) atoms. The van der Waals surface area contributed by atoms with E-state index in [0.29, 0.717) is 12.2 Å². The fourth-order valence-electron chi connectivity index (χ4n) is 1.98. The zero-order valence-electron chi connectivity index (χ0n) is 11.2. The van der Waals surface area contributed by atoms with Gasteiger partial charge < -0.3 is 4.74 Å². The van der Waals surface area contributed by atoms with Gasteiger partial charge in [0.25, 0.3) is 0 Å². The lowest BCUT2D eigenvalue weighted by Gasteiger charge is -2.19. The number of halogens is 3. The first-order valence-electron chi connectivity index (χ1n) is 6.54. The van der Waals surface area contributed by atoms with Crippen LogP contribution in [0.4, 0.5) is 13.2 Å². The number of ether oxygens (including phenoxy) is 1. The number of hydrogen-bond donors (Lipinski definition) is 0. The summed E-state index contributed by atoms with van der Waals surface area (Å²) in [6.07, 6.45) is -4.20. The summed E-state index contributed by atoms with van der Waals surface area (Å²) in [5.41, 5.74) is 7.54. The van der Waals surface area contributed by atoms with Crippen LogP contribution in [-0.4, -0.2) is 6.54 Å². The number of alkyl halides is 3. The summed E-state index contributed by atoms with van der Waals surface area (Å²) in [5.74, 6) is 0.366. The quantitative estimate of drug-likeness (QED) is 0.799. The summed E-state index contributed by atoms with van der Waals surface area (Å²) < 4.78 is 43.2. The maximum absolute atomic E-state index is 12.5. The predicted octanol–water partition coefficient (Wildman–Crippen LogP) is 4.50. The summed E-state index contributed by atoms with van der Waals surface area (Å²) in [6.45, 7) is 0.181. The van der Waals surface area contributed by atoms with Crippen LogP contribution in [0.5, 0.6) is 5.75 Å². The summed E-state index contributed by atoms with van der Waals surface area (Å²) in [5, 5.41) is 0. The largest absolute Gasteiger partial charge is 0.486 e. The molecule has 0 amide bonds. The number of hydrogen-bond acceptors (Lipinski definition) is 1. The second-order valence-corrected chi connectivity index (χ2v) is 4.58. The molecule has 0 unspecified atom stereocenters. The van der Waals surface area contributed by atoms with Crippen LogP contribution in [0.2, 0.25) is 0 Å². The molecule has 2 aromatic carbocycles. The Balaban J connectivity index is 2.14. The van der Waals surface area contributed by atoms with Crippen molar-refractivity contribution in [3.63, 3.8) is 0 Å².